The summed E-state index contributed by atoms with van der Waals surface area (Å²) in [6.07, 6.45) is 1.07. The van der Waals surface area contributed by atoms with Gasteiger partial charge in [-0.05, 0) is 54.3 Å². The van der Waals surface area contributed by atoms with Gasteiger partial charge in [0, 0.05) is 19.5 Å². The van der Waals surface area contributed by atoms with E-state index in [0.717, 1.165) is 27.4 Å². The molecule has 0 unspecified atom stereocenters. The van der Waals surface area contributed by atoms with Crippen LogP contribution in [0.25, 0.3) is 0 Å². The molecule has 4 aromatic rings. The molecule has 0 saturated carbocycles. The minimum Gasteiger partial charge on any atom is -0.355 e. The van der Waals surface area contributed by atoms with E-state index in [2.05, 4.69) is 5.32 Å². The van der Waals surface area contributed by atoms with Gasteiger partial charge in [-0.15, -0.1) is 0 Å². The van der Waals surface area contributed by atoms with E-state index in [4.69, 9.17) is 0 Å². The normalized spacial score (nSPS) is 11.9. The second kappa shape index (κ2) is 14.5. The van der Waals surface area contributed by atoms with Crippen LogP contribution in [0.5, 0.6) is 0 Å². The molecule has 0 saturated heterocycles. The standard InChI is InChI=1S/C34H37N3O4S/c1-3-27-20-22-30(23-21-27)37(42(40,41)31-18-12-7-13-19-31)26-33(38)36(25-29-16-10-6-11-17-29)32(34(39)35-4-2)24-28-14-8-5-9-15-28/h5-23,32H,3-4,24-26H2,1-2H3,(H,35,39)/t32-/m1/s1. The number of anilines is 1. The van der Waals surface area contributed by atoms with E-state index >= 15 is 0 Å². The number of hydrogen-bond donors (Lipinski definition) is 1. The first kappa shape index (κ1) is 30.5. The van der Waals surface area contributed by atoms with E-state index < -0.39 is 28.5 Å². The molecule has 0 heterocycles. The van der Waals surface area contributed by atoms with Crippen LogP contribution in [0.4, 0.5) is 5.69 Å². The Morgan fingerprint density at radius 1 is 0.714 bits per heavy atom. The van der Waals surface area contributed by atoms with Crippen molar-refractivity contribution in [3.05, 3.63) is 132 Å². The average molecular weight is 584 g/mol. The maximum absolute atomic E-state index is 14.3. The van der Waals surface area contributed by atoms with Crippen LogP contribution in [0.15, 0.2) is 120 Å². The molecule has 8 heteroatoms. The number of rotatable bonds is 13. The van der Waals surface area contributed by atoms with E-state index in [0.29, 0.717) is 12.2 Å². The van der Waals surface area contributed by atoms with Crippen LogP contribution in [-0.2, 0) is 39.0 Å². The summed E-state index contributed by atoms with van der Waals surface area (Å²) in [5.74, 6) is -0.777. The fourth-order valence-corrected chi connectivity index (χ4v) is 6.21. The zero-order valence-electron chi connectivity index (χ0n) is 24.0. The summed E-state index contributed by atoms with van der Waals surface area (Å²) in [6, 6.07) is 33.3. The van der Waals surface area contributed by atoms with Crippen LogP contribution in [0.1, 0.15) is 30.5 Å². The third-order valence-corrected chi connectivity index (χ3v) is 8.85. The molecule has 0 aliphatic rings. The Morgan fingerprint density at radius 2 is 1.26 bits per heavy atom. The summed E-state index contributed by atoms with van der Waals surface area (Å²) in [5, 5.41) is 2.88. The monoisotopic (exact) mass is 583 g/mol. The van der Waals surface area contributed by atoms with E-state index in [1.54, 1.807) is 30.3 Å². The molecule has 0 radical (unpaired) electrons. The highest BCUT2D eigenvalue weighted by Gasteiger charge is 2.34. The topological polar surface area (TPSA) is 86.8 Å². The van der Waals surface area contributed by atoms with Crippen molar-refractivity contribution in [2.45, 2.75) is 44.2 Å². The van der Waals surface area contributed by atoms with Crippen LogP contribution >= 0.6 is 0 Å². The zero-order valence-corrected chi connectivity index (χ0v) is 24.8. The average Bonchev–Trinajstić information content (AvgIpc) is 3.03. The second-order valence-corrected chi connectivity index (χ2v) is 11.8. The zero-order chi connectivity index (χ0) is 30.0. The van der Waals surface area contributed by atoms with Gasteiger partial charge < -0.3 is 10.2 Å². The largest absolute Gasteiger partial charge is 0.355 e. The lowest BCUT2D eigenvalue weighted by Gasteiger charge is -2.33. The fourth-order valence-electron chi connectivity index (χ4n) is 4.77. The van der Waals surface area contributed by atoms with E-state index in [9.17, 15) is 18.0 Å². The van der Waals surface area contributed by atoms with Crippen molar-refractivity contribution >= 4 is 27.5 Å². The molecule has 2 amide bonds. The summed E-state index contributed by atoms with van der Waals surface area (Å²) in [4.78, 5) is 29.4. The highest BCUT2D eigenvalue weighted by molar-refractivity contribution is 7.92. The maximum Gasteiger partial charge on any atom is 0.264 e. The number of hydrogen-bond acceptors (Lipinski definition) is 4. The Balaban J connectivity index is 1.77. The van der Waals surface area contributed by atoms with Gasteiger partial charge in [0.2, 0.25) is 11.8 Å². The van der Waals surface area contributed by atoms with Crippen LogP contribution < -0.4 is 9.62 Å². The third kappa shape index (κ3) is 7.64. The predicted molar refractivity (Wildman–Crippen MR) is 166 cm³/mol. The van der Waals surface area contributed by atoms with Crippen molar-refractivity contribution in [2.24, 2.45) is 0 Å². The van der Waals surface area contributed by atoms with Gasteiger partial charge in [0.25, 0.3) is 10.0 Å². The van der Waals surface area contributed by atoms with Crippen LogP contribution in [-0.4, -0.2) is 44.3 Å². The van der Waals surface area contributed by atoms with Crippen molar-refractivity contribution in [1.82, 2.24) is 10.2 Å². The predicted octanol–water partition coefficient (Wildman–Crippen LogP) is 5.22. The molecule has 0 aliphatic carbocycles. The molecule has 4 aromatic carbocycles. The molecule has 0 aromatic heterocycles. The van der Waals surface area contributed by atoms with Crippen molar-refractivity contribution < 1.29 is 18.0 Å². The Hall–Kier alpha value is -4.43. The lowest BCUT2D eigenvalue weighted by molar-refractivity contribution is -0.140. The number of amides is 2. The molecule has 0 fully saturated rings. The second-order valence-electron chi connectivity index (χ2n) is 9.95. The fraction of sp³-hybridized carbons (Fsp3) is 0.235. The SMILES string of the molecule is CCNC(=O)[C@@H](Cc1ccccc1)N(Cc1ccccc1)C(=O)CN(c1ccc(CC)cc1)S(=O)(=O)c1ccccc1. The molecule has 1 N–H and O–H groups in total. The number of likely N-dealkylation sites (N-methyl/N-ethyl adjacent to an activating group) is 1. The molecular weight excluding hydrogens is 546 g/mol. The first-order valence-electron chi connectivity index (χ1n) is 14.1. The first-order valence-corrected chi connectivity index (χ1v) is 15.6. The number of sulfonamides is 1. The molecule has 0 bridgehead atoms. The third-order valence-electron chi connectivity index (χ3n) is 7.06. The molecule has 0 spiro atoms. The summed E-state index contributed by atoms with van der Waals surface area (Å²) in [5.41, 5.74) is 3.15. The quantitative estimate of drug-likeness (QED) is 0.234. The summed E-state index contributed by atoms with van der Waals surface area (Å²) in [6.45, 7) is 3.92. The number of carbonyl (C=O) groups is 2. The minimum atomic E-state index is -4.10. The Kier molecular flexibility index (Phi) is 10.5. The number of nitrogens with zero attached hydrogens (tertiary/aromatic N) is 2. The highest BCUT2D eigenvalue weighted by atomic mass is 32.2. The molecule has 218 valence electrons. The van der Waals surface area contributed by atoms with Crippen LogP contribution in [0, 0.1) is 0 Å². The van der Waals surface area contributed by atoms with E-state index in [1.165, 1.54) is 17.0 Å². The van der Waals surface area contributed by atoms with Gasteiger partial charge in [0.15, 0.2) is 0 Å². The number of aryl methyl sites for hydroxylation is 1. The van der Waals surface area contributed by atoms with Gasteiger partial charge in [-0.3, -0.25) is 13.9 Å². The Morgan fingerprint density at radius 3 is 1.81 bits per heavy atom. The lowest BCUT2D eigenvalue weighted by atomic mass is 10.0. The van der Waals surface area contributed by atoms with Crippen molar-refractivity contribution in [3.8, 4) is 0 Å². The lowest BCUT2D eigenvalue weighted by Crippen LogP contribution is -2.53. The molecule has 1 atom stereocenters. The summed E-state index contributed by atoms with van der Waals surface area (Å²) >= 11 is 0. The van der Waals surface area contributed by atoms with Crippen LogP contribution in [0.2, 0.25) is 0 Å². The van der Waals surface area contributed by atoms with Gasteiger partial charge in [0.05, 0.1) is 10.6 Å². The van der Waals surface area contributed by atoms with E-state index in [1.807, 2.05) is 86.6 Å². The van der Waals surface area contributed by atoms with Crippen molar-refractivity contribution in [2.75, 3.05) is 17.4 Å². The van der Waals surface area contributed by atoms with Gasteiger partial charge in [-0.2, -0.15) is 0 Å². The number of benzene rings is 4. The van der Waals surface area contributed by atoms with Crippen LogP contribution in [0.3, 0.4) is 0 Å². The van der Waals surface area contributed by atoms with Gasteiger partial charge in [-0.1, -0.05) is 97.9 Å². The Labute approximate surface area is 248 Å². The minimum absolute atomic E-state index is 0.0801. The first-order chi connectivity index (χ1) is 20.3. The number of carbonyl (C=O) groups excluding carboxylic acids is 2. The van der Waals surface area contributed by atoms with Crippen molar-refractivity contribution in [3.63, 3.8) is 0 Å². The van der Waals surface area contributed by atoms with Gasteiger partial charge in [-0.25, -0.2) is 8.42 Å². The summed E-state index contributed by atoms with van der Waals surface area (Å²) in [7, 11) is -4.10. The molecule has 42 heavy (non-hydrogen) atoms. The molecular formula is C34H37N3O4S. The van der Waals surface area contributed by atoms with Gasteiger partial charge >= 0.3 is 0 Å². The summed E-state index contributed by atoms with van der Waals surface area (Å²) < 4.78 is 29.1. The van der Waals surface area contributed by atoms with Gasteiger partial charge in [0.1, 0.15) is 12.6 Å². The molecule has 0 aliphatic heterocycles. The van der Waals surface area contributed by atoms with Crippen molar-refractivity contribution in [1.29, 1.82) is 0 Å². The maximum atomic E-state index is 14.3. The Bertz CT molecular complexity index is 1550. The smallest absolute Gasteiger partial charge is 0.264 e. The van der Waals surface area contributed by atoms with E-state index in [-0.39, 0.29) is 23.8 Å². The highest BCUT2D eigenvalue weighted by Crippen LogP contribution is 2.25. The number of nitrogens with one attached hydrogen (secondary N) is 1. The molecule has 4 rings (SSSR count). The molecule has 7 nitrogen and oxygen atoms in total.